The minimum Gasteiger partial charge on any atom is -0.353 e. The Balaban J connectivity index is 1.98. The molecule has 2 unspecified atom stereocenters. The van der Waals surface area contributed by atoms with Gasteiger partial charge in [-0.1, -0.05) is 6.07 Å². The third-order valence-electron chi connectivity index (χ3n) is 3.24. The molecule has 3 amide bonds. The van der Waals surface area contributed by atoms with E-state index >= 15 is 0 Å². The molecule has 1 aliphatic rings. The summed E-state index contributed by atoms with van der Waals surface area (Å²) >= 11 is 1.32. The molecule has 2 N–H and O–H groups in total. The second kappa shape index (κ2) is 6.04. The van der Waals surface area contributed by atoms with E-state index in [0.717, 1.165) is 0 Å². The van der Waals surface area contributed by atoms with Crippen LogP contribution in [0.3, 0.4) is 0 Å². The molecule has 0 bridgehead atoms. The van der Waals surface area contributed by atoms with Gasteiger partial charge in [0.25, 0.3) is 5.91 Å². The normalized spacial score (nSPS) is 20.2. The summed E-state index contributed by atoms with van der Waals surface area (Å²) in [6.45, 7) is 4.22. The largest absolute Gasteiger partial charge is 0.353 e. The van der Waals surface area contributed by atoms with E-state index in [0.29, 0.717) is 18.0 Å². The molecule has 1 aromatic rings. The fourth-order valence-electron chi connectivity index (χ4n) is 2.07. The number of thiophene rings is 1. The zero-order valence-electron chi connectivity index (χ0n) is 11.4. The number of hydrogen-bond acceptors (Lipinski definition) is 4. The zero-order valence-corrected chi connectivity index (χ0v) is 12.2. The van der Waals surface area contributed by atoms with Crippen LogP contribution in [0.15, 0.2) is 17.5 Å². The average Bonchev–Trinajstić information content (AvgIpc) is 2.95. The summed E-state index contributed by atoms with van der Waals surface area (Å²) < 4.78 is 0. The first-order valence-corrected chi connectivity index (χ1v) is 7.31. The number of amides is 3. The van der Waals surface area contributed by atoms with E-state index in [1.807, 2.05) is 0 Å². The van der Waals surface area contributed by atoms with Crippen LogP contribution in [0.4, 0.5) is 0 Å². The first kappa shape index (κ1) is 14.5. The molecule has 20 heavy (non-hydrogen) atoms. The van der Waals surface area contributed by atoms with E-state index < -0.39 is 12.1 Å². The highest BCUT2D eigenvalue weighted by Gasteiger charge is 2.32. The van der Waals surface area contributed by atoms with Gasteiger partial charge in [0.1, 0.15) is 12.1 Å². The van der Waals surface area contributed by atoms with E-state index in [9.17, 15) is 14.4 Å². The van der Waals surface area contributed by atoms with Crippen LogP contribution in [-0.2, 0) is 9.59 Å². The monoisotopic (exact) mass is 295 g/mol. The molecule has 0 spiro atoms. The molecule has 0 aromatic carbocycles. The highest BCUT2D eigenvalue weighted by Crippen LogP contribution is 2.10. The molecule has 2 atom stereocenters. The van der Waals surface area contributed by atoms with Gasteiger partial charge in [-0.2, -0.15) is 0 Å². The van der Waals surface area contributed by atoms with Crippen molar-refractivity contribution in [3.8, 4) is 0 Å². The zero-order chi connectivity index (χ0) is 14.7. The predicted molar refractivity (Wildman–Crippen MR) is 75.4 cm³/mol. The minimum absolute atomic E-state index is 0.165. The third-order valence-corrected chi connectivity index (χ3v) is 4.11. The van der Waals surface area contributed by atoms with Crippen LogP contribution in [0.1, 0.15) is 23.5 Å². The van der Waals surface area contributed by atoms with Gasteiger partial charge >= 0.3 is 0 Å². The van der Waals surface area contributed by atoms with Crippen molar-refractivity contribution in [2.75, 3.05) is 13.1 Å². The molecule has 1 aromatic heterocycles. The van der Waals surface area contributed by atoms with Crippen LogP contribution in [0.2, 0.25) is 0 Å². The highest BCUT2D eigenvalue weighted by atomic mass is 32.1. The van der Waals surface area contributed by atoms with Crippen molar-refractivity contribution >= 4 is 29.1 Å². The van der Waals surface area contributed by atoms with Gasteiger partial charge in [-0.25, -0.2) is 0 Å². The van der Waals surface area contributed by atoms with Crippen molar-refractivity contribution in [1.29, 1.82) is 0 Å². The van der Waals surface area contributed by atoms with E-state index in [2.05, 4.69) is 10.6 Å². The summed E-state index contributed by atoms with van der Waals surface area (Å²) in [5, 5.41) is 7.17. The van der Waals surface area contributed by atoms with E-state index in [-0.39, 0.29) is 17.7 Å². The molecule has 2 rings (SSSR count). The summed E-state index contributed by atoms with van der Waals surface area (Å²) in [5.74, 6) is -0.673. The maximum Gasteiger partial charge on any atom is 0.261 e. The number of nitrogens with one attached hydrogen (secondary N) is 2. The number of carbonyl (C=O) groups excluding carboxylic acids is 3. The second-order valence-electron chi connectivity index (χ2n) is 4.67. The molecular formula is C13H17N3O3S. The van der Waals surface area contributed by atoms with Crippen molar-refractivity contribution in [2.24, 2.45) is 0 Å². The molecule has 0 aliphatic carbocycles. The fraction of sp³-hybridized carbons (Fsp3) is 0.462. The molecule has 7 heteroatoms. The Morgan fingerprint density at radius 1 is 1.55 bits per heavy atom. The van der Waals surface area contributed by atoms with E-state index in [1.54, 1.807) is 31.4 Å². The Kier molecular flexibility index (Phi) is 4.39. The summed E-state index contributed by atoms with van der Waals surface area (Å²) in [4.78, 5) is 37.8. The maximum absolute atomic E-state index is 12.3. The Morgan fingerprint density at radius 2 is 2.30 bits per heavy atom. The van der Waals surface area contributed by atoms with Crippen molar-refractivity contribution in [3.63, 3.8) is 0 Å². The van der Waals surface area contributed by atoms with Gasteiger partial charge in [0, 0.05) is 13.1 Å². The average molecular weight is 295 g/mol. The minimum atomic E-state index is -0.655. The molecule has 6 nitrogen and oxygen atoms in total. The topological polar surface area (TPSA) is 78.5 Å². The van der Waals surface area contributed by atoms with Gasteiger partial charge in [0.15, 0.2) is 0 Å². The van der Waals surface area contributed by atoms with Gasteiger partial charge in [-0.05, 0) is 25.3 Å². The lowest BCUT2D eigenvalue weighted by molar-refractivity contribution is -0.143. The highest BCUT2D eigenvalue weighted by molar-refractivity contribution is 7.12. The summed E-state index contributed by atoms with van der Waals surface area (Å²) in [6.07, 6.45) is 0. The van der Waals surface area contributed by atoms with Gasteiger partial charge in [0.2, 0.25) is 11.8 Å². The predicted octanol–water partition coefficient (Wildman–Crippen LogP) is 0.213. The van der Waals surface area contributed by atoms with E-state index in [4.69, 9.17) is 0 Å². The van der Waals surface area contributed by atoms with Gasteiger partial charge in [-0.3, -0.25) is 14.4 Å². The Hall–Kier alpha value is -1.89. The molecule has 108 valence electrons. The van der Waals surface area contributed by atoms with Gasteiger partial charge in [0.05, 0.1) is 4.88 Å². The molecule has 0 saturated carbocycles. The number of piperazine rings is 1. The number of rotatable bonds is 3. The Bertz CT molecular complexity index is 515. The van der Waals surface area contributed by atoms with Gasteiger partial charge < -0.3 is 15.5 Å². The molecular weight excluding hydrogens is 278 g/mol. The first-order valence-electron chi connectivity index (χ1n) is 6.43. The van der Waals surface area contributed by atoms with Crippen LogP contribution < -0.4 is 10.6 Å². The van der Waals surface area contributed by atoms with Crippen LogP contribution in [0.5, 0.6) is 0 Å². The summed E-state index contributed by atoms with van der Waals surface area (Å²) in [6, 6.07) is 2.33. The van der Waals surface area contributed by atoms with E-state index in [1.165, 1.54) is 16.2 Å². The molecule has 2 heterocycles. The second-order valence-corrected chi connectivity index (χ2v) is 5.62. The smallest absolute Gasteiger partial charge is 0.261 e. The lowest BCUT2D eigenvalue weighted by Crippen LogP contribution is -2.59. The van der Waals surface area contributed by atoms with Crippen molar-refractivity contribution < 1.29 is 14.4 Å². The van der Waals surface area contributed by atoms with Crippen LogP contribution in [0, 0.1) is 0 Å². The molecule has 1 aliphatic heterocycles. The number of nitrogens with zero attached hydrogens (tertiary/aromatic N) is 1. The van der Waals surface area contributed by atoms with Crippen molar-refractivity contribution in [2.45, 2.75) is 25.9 Å². The van der Waals surface area contributed by atoms with Gasteiger partial charge in [-0.15, -0.1) is 11.3 Å². The summed E-state index contributed by atoms with van der Waals surface area (Å²) in [5.41, 5.74) is 0. The van der Waals surface area contributed by atoms with Crippen LogP contribution in [0.25, 0.3) is 0 Å². The van der Waals surface area contributed by atoms with Crippen LogP contribution in [-0.4, -0.2) is 47.8 Å². The van der Waals surface area contributed by atoms with Crippen molar-refractivity contribution in [1.82, 2.24) is 15.5 Å². The Labute approximate surface area is 121 Å². The third kappa shape index (κ3) is 2.98. The van der Waals surface area contributed by atoms with Crippen LogP contribution >= 0.6 is 11.3 Å². The standard InChI is InChI=1S/C13H17N3O3S/c1-8(15-12(18)10-4-3-7-20-10)13(19)16-6-5-14-11(17)9(16)2/h3-4,7-9H,5-6H2,1-2H3,(H,14,17)(H,15,18). The quantitative estimate of drug-likeness (QED) is 0.837. The lowest BCUT2D eigenvalue weighted by Gasteiger charge is -2.34. The lowest BCUT2D eigenvalue weighted by atomic mass is 10.1. The number of hydrogen-bond donors (Lipinski definition) is 2. The molecule has 1 saturated heterocycles. The first-order chi connectivity index (χ1) is 9.50. The molecule has 0 radical (unpaired) electrons. The Morgan fingerprint density at radius 3 is 2.95 bits per heavy atom. The van der Waals surface area contributed by atoms with Crippen molar-refractivity contribution in [3.05, 3.63) is 22.4 Å². The number of carbonyl (C=O) groups is 3. The molecule has 1 fully saturated rings. The fourth-order valence-corrected chi connectivity index (χ4v) is 2.70. The maximum atomic E-state index is 12.3. The summed E-state index contributed by atoms with van der Waals surface area (Å²) in [7, 11) is 0. The SMILES string of the molecule is CC(NC(=O)c1cccs1)C(=O)N1CCNC(=O)C1C.